The summed E-state index contributed by atoms with van der Waals surface area (Å²) >= 11 is 2.04. The van der Waals surface area contributed by atoms with Crippen molar-refractivity contribution >= 4 is 11.8 Å². The molecule has 0 heterocycles. The molecule has 1 heteroatoms. The monoisotopic (exact) mass is 256 g/mol. The van der Waals surface area contributed by atoms with E-state index in [1.165, 1.54) is 50.5 Å². The molecular formula is C16H32S. The zero-order valence-corrected chi connectivity index (χ0v) is 13.5. The largest absolute Gasteiger partial charge is 0.159 e. The molecule has 0 radical (unpaired) electrons. The molecule has 0 aromatic heterocycles. The second-order valence-electron chi connectivity index (χ2n) is 5.96. The molecule has 0 nitrogen and oxygen atoms in total. The van der Waals surface area contributed by atoms with Crippen molar-refractivity contribution in [1.82, 2.24) is 0 Å². The first-order valence-electron chi connectivity index (χ1n) is 7.15. The third-order valence-electron chi connectivity index (χ3n) is 3.45. The maximum atomic E-state index is 4.18. The van der Waals surface area contributed by atoms with Gasteiger partial charge in [0.1, 0.15) is 0 Å². The molecule has 0 aromatic rings. The number of hydrogen-bond acceptors (Lipinski definition) is 1. The molecule has 0 saturated carbocycles. The molecule has 17 heavy (non-hydrogen) atoms. The van der Waals surface area contributed by atoms with Gasteiger partial charge in [0.2, 0.25) is 0 Å². The highest BCUT2D eigenvalue weighted by molar-refractivity contribution is 7.99. The summed E-state index contributed by atoms with van der Waals surface area (Å²) in [5.41, 5.74) is 1.45. The third-order valence-corrected chi connectivity index (χ3v) is 4.85. The van der Waals surface area contributed by atoms with Crippen molar-refractivity contribution < 1.29 is 0 Å². The molecule has 1 atom stereocenters. The van der Waals surface area contributed by atoms with Crippen LogP contribution in [0, 0.1) is 5.92 Å². The smallest absolute Gasteiger partial charge is 0.0129 e. The molecule has 0 rings (SSSR count). The third kappa shape index (κ3) is 8.77. The molecule has 0 amide bonds. The Morgan fingerprint density at radius 3 is 2.35 bits per heavy atom. The van der Waals surface area contributed by atoms with Gasteiger partial charge in [-0.2, -0.15) is 11.8 Å². The van der Waals surface area contributed by atoms with E-state index in [1.807, 2.05) is 11.8 Å². The predicted octanol–water partition coefficient (Wildman–Crippen LogP) is 6.07. The van der Waals surface area contributed by atoms with E-state index in [-0.39, 0.29) is 0 Å². The molecule has 1 unspecified atom stereocenters. The second kappa shape index (κ2) is 9.08. The zero-order valence-electron chi connectivity index (χ0n) is 12.6. The molecule has 0 saturated heterocycles. The Kier molecular flexibility index (Phi) is 9.13. The summed E-state index contributed by atoms with van der Waals surface area (Å²) in [6.45, 7) is 13.4. The summed E-state index contributed by atoms with van der Waals surface area (Å²) in [4.78, 5) is 0. The summed E-state index contributed by atoms with van der Waals surface area (Å²) in [5, 5.41) is 0. The van der Waals surface area contributed by atoms with Crippen LogP contribution in [0.1, 0.15) is 72.6 Å². The van der Waals surface area contributed by atoms with Gasteiger partial charge >= 0.3 is 0 Å². The minimum Gasteiger partial charge on any atom is -0.159 e. The van der Waals surface area contributed by atoms with Gasteiger partial charge < -0.3 is 0 Å². The van der Waals surface area contributed by atoms with Crippen molar-refractivity contribution in [2.45, 2.75) is 77.4 Å². The van der Waals surface area contributed by atoms with E-state index < -0.39 is 0 Å². The molecular weight excluding hydrogens is 224 g/mol. The van der Waals surface area contributed by atoms with E-state index in [1.54, 1.807) is 0 Å². The van der Waals surface area contributed by atoms with Crippen molar-refractivity contribution in [3.63, 3.8) is 0 Å². The van der Waals surface area contributed by atoms with Crippen LogP contribution in [0.15, 0.2) is 12.2 Å². The SMILES string of the molecule is C=C(CCCCC(C)(CCC)SC)CC(C)C. The van der Waals surface area contributed by atoms with E-state index in [0.29, 0.717) is 4.75 Å². The van der Waals surface area contributed by atoms with Crippen molar-refractivity contribution in [3.8, 4) is 0 Å². The summed E-state index contributed by atoms with van der Waals surface area (Å²) < 4.78 is 0.508. The number of thioether (sulfide) groups is 1. The first kappa shape index (κ1) is 17.1. The normalized spacial score (nSPS) is 14.9. The predicted molar refractivity (Wildman–Crippen MR) is 83.9 cm³/mol. The van der Waals surface area contributed by atoms with Crippen molar-refractivity contribution in [3.05, 3.63) is 12.2 Å². The fraction of sp³-hybridized carbons (Fsp3) is 0.875. The molecule has 0 aliphatic carbocycles. The van der Waals surface area contributed by atoms with Crippen LogP contribution >= 0.6 is 11.8 Å². The maximum Gasteiger partial charge on any atom is 0.0129 e. The molecule has 0 fully saturated rings. The first-order valence-corrected chi connectivity index (χ1v) is 8.37. The van der Waals surface area contributed by atoms with E-state index >= 15 is 0 Å². The average molecular weight is 256 g/mol. The highest BCUT2D eigenvalue weighted by atomic mass is 32.2. The van der Waals surface area contributed by atoms with E-state index in [4.69, 9.17) is 0 Å². The fourth-order valence-electron chi connectivity index (χ4n) is 2.41. The second-order valence-corrected chi connectivity index (χ2v) is 7.35. The van der Waals surface area contributed by atoms with E-state index in [9.17, 15) is 0 Å². The lowest BCUT2D eigenvalue weighted by Crippen LogP contribution is -2.18. The van der Waals surface area contributed by atoms with Gasteiger partial charge in [0.25, 0.3) is 0 Å². The maximum absolute atomic E-state index is 4.18. The molecule has 0 bridgehead atoms. The first-order chi connectivity index (χ1) is 7.93. The Morgan fingerprint density at radius 1 is 1.24 bits per heavy atom. The van der Waals surface area contributed by atoms with Crippen LogP contribution in [-0.2, 0) is 0 Å². The molecule has 0 N–H and O–H groups in total. The quantitative estimate of drug-likeness (QED) is 0.337. The van der Waals surface area contributed by atoms with Gasteiger partial charge in [-0.3, -0.25) is 0 Å². The van der Waals surface area contributed by atoms with Gasteiger partial charge in [0.15, 0.2) is 0 Å². The minimum absolute atomic E-state index is 0.508. The standard InChI is InChI=1S/C16H32S/c1-7-11-16(5,17-6)12-9-8-10-15(4)13-14(2)3/h14H,4,7-13H2,1-3,5-6H3. The topological polar surface area (TPSA) is 0 Å². The summed E-state index contributed by atoms with van der Waals surface area (Å²) in [7, 11) is 0. The number of rotatable bonds is 10. The number of allylic oxidation sites excluding steroid dienone is 1. The van der Waals surface area contributed by atoms with Crippen LogP contribution in [0.4, 0.5) is 0 Å². The van der Waals surface area contributed by atoms with Gasteiger partial charge in [0.05, 0.1) is 0 Å². The Balaban J connectivity index is 3.72. The van der Waals surface area contributed by atoms with Gasteiger partial charge in [-0.05, 0) is 44.3 Å². The van der Waals surface area contributed by atoms with Crippen LogP contribution in [0.2, 0.25) is 0 Å². The molecule has 0 aliphatic heterocycles. The van der Waals surface area contributed by atoms with Crippen LogP contribution in [0.3, 0.4) is 0 Å². The lowest BCUT2D eigenvalue weighted by molar-refractivity contribution is 0.501. The summed E-state index contributed by atoms with van der Waals surface area (Å²) in [6, 6.07) is 0. The highest BCUT2D eigenvalue weighted by Gasteiger charge is 2.20. The summed E-state index contributed by atoms with van der Waals surface area (Å²) in [5.74, 6) is 0.763. The van der Waals surface area contributed by atoms with Crippen molar-refractivity contribution in [2.24, 2.45) is 5.92 Å². The Hall–Kier alpha value is 0.0900. The van der Waals surface area contributed by atoms with Gasteiger partial charge in [0, 0.05) is 4.75 Å². The summed E-state index contributed by atoms with van der Waals surface area (Å²) in [6.07, 6.45) is 11.4. The van der Waals surface area contributed by atoms with Crippen LogP contribution < -0.4 is 0 Å². The van der Waals surface area contributed by atoms with Crippen LogP contribution in [0.25, 0.3) is 0 Å². The zero-order chi connectivity index (χ0) is 13.3. The van der Waals surface area contributed by atoms with Gasteiger partial charge in [-0.1, -0.05) is 52.7 Å². The van der Waals surface area contributed by atoms with Crippen molar-refractivity contribution in [1.29, 1.82) is 0 Å². The lowest BCUT2D eigenvalue weighted by Gasteiger charge is -2.27. The average Bonchev–Trinajstić information content (AvgIpc) is 2.24. The minimum atomic E-state index is 0.508. The van der Waals surface area contributed by atoms with Crippen molar-refractivity contribution in [2.75, 3.05) is 6.26 Å². The number of hydrogen-bond donors (Lipinski definition) is 0. The van der Waals surface area contributed by atoms with E-state index in [0.717, 1.165) is 5.92 Å². The molecule has 0 aromatic carbocycles. The van der Waals surface area contributed by atoms with Gasteiger partial charge in [-0.25, -0.2) is 0 Å². The molecule has 0 aliphatic rings. The number of unbranched alkanes of at least 4 members (excludes halogenated alkanes) is 1. The fourth-order valence-corrected chi connectivity index (χ4v) is 3.17. The van der Waals surface area contributed by atoms with E-state index in [2.05, 4.69) is 40.5 Å². The van der Waals surface area contributed by atoms with Crippen LogP contribution in [0.5, 0.6) is 0 Å². The van der Waals surface area contributed by atoms with Gasteiger partial charge in [-0.15, -0.1) is 0 Å². The van der Waals surface area contributed by atoms with Crippen LogP contribution in [-0.4, -0.2) is 11.0 Å². The molecule has 0 spiro atoms. The lowest BCUT2D eigenvalue weighted by atomic mass is 9.95. The highest BCUT2D eigenvalue weighted by Crippen LogP contribution is 2.33. The Morgan fingerprint density at radius 2 is 1.88 bits per heavy atom. The Labute approximate surface area is 114 Å². The molecule has 102 valence electrons. The Bertz CT molecular complexity index is 208.